The fourth-order valence-electron chi connectivity index (χ4n) is 3.25. The van der Waals surface area contributed by atoms with Crippen LogP contribution in [0.15, 0.2) is 66.7 Å². The molecule has 0 fully saturated rings. The third-order valence-electron chi connectivity index (χ3n) is 4.42. The Kier molecular flexibility index (Phi) is 5.75. The molecular formula is C22H14Cl4N2O. The average molecular weight is 464 g/mol. The highest BCUT2D eigenvalue weighted by Crippen LogP contribution is 2.28. The zero-order valence-electron chi connectivity index (χ0n) is 14.9. The molecule has 0 aliphatic heterocycles. The largest absolute Gasteiger partial charge is 0.347 e. The first-order chi connectivity index (χ1) is 13.9. The van der Waals surface area contributed by atoms with Crippen molar-refractivity contribution in [1.82, 2.24) is 9.88 Å². The van der Waals surface area contributed by atoms with Crippen molar-refractivity contribution in [2.24, 2.45) is 0 Å². The lowest BCUT2D eigenvalue weighted by atomic mass is 10.2. The second kappa shape index (κ2) is 8.29. The molecule has 0 saturated heterocycles. The summed E-state index contributed by atoms with van der Waals surface area (Å²) >= 11 is 24.5. The lowest BCUT2D eigenvalue weighted by molar-refractivity contribution is 0.0944. The van der Waals surface area contributed by atoms with Gasteiger partial charge in [-0.15, -0.1) is 0 Å². The van der Waals surface area contributed by atoms with Gasteiger partial charge in [0.05, 0.1) is 5.52 Å². The minimum atomic E-state index is -0.242. The monoisotopic (exact) mass is 462 g/mol. The summed E-state index contributed by atoms with van der Waals surface area (Å²) in [6.45, 7) is 0.289. The second-order valence-corrected chi connectivity index (χ2v) is 8.26. The van der Waals surface area contributed by atoms with Crippen LogP contribution in [0, 0.1) is 0 Å². The maximum atomic E-state index is 13.1. The van der Waals surface area contributed by atoms with E-state index in [-0.39, 0.29) is 12.5 Å². The summed E-state index contributed by atoms with van der Waals surface area (Å²) in [6, 6.07) is 19.9. The molecule has 1 amide bonds. The minimum Gasteiger partial charge on any atom is -0.347 e. The lowest BCUT2D eigenvalue weighted by Crippen LogP contribution is -2.25. The van der Waals surface area contributed by atoms with Gasteiger partial charge in [-0.2, -0.15) is 0 Å². The molecule has 0 unspecified atom stereocenters. The number of carbonyl (C=O) groups excluding carboxylic acids is 1. The number of aromatic nitrogens is 1. The minimum absolute atomic E-state index is 0.242. The number of rotatable bonds is 4. The van der Waals surface area contributed by atoms with Crippen molar-refractivity contribution in [1.29, 1.82) is 0 Å². The number of fused-ring (bicyclic) bond motifs is 1. The average Bonchev–Trinajstić information content (AvgIpc) is 3.04. The number of carbonyl (C=O) groups is 1. The van der Waals surface area contributed by atoms with Gasteiger partial charge >= 0.3 is 0 Å². The standard InChI is InChI=1S/C22H14Cl4N2O/c23-15-5-13(6-16(24)8-15)12-27-22(29)21-7-14-3-1-2-4-20(14)28(21)19-10-17(25)9-18(26)11-19/h1-11H,12H2,(H,27,29). The fraction of sp³-hybridized carbons (Fsp3) is 0.0455. The van der Waals surface area contributed by atoms with Gasteiger partial charge in [0.15, 0.2) is 0 Å². The summed E-state index contributed by atoms with van der Waals surface area (Å²) in [4.78, 5) is 13.1. The normalized spacial score (nSPS) is 11.0. The molecule has 0 aliphatic rings. The number of benzene rings is 3. The van der Waals surface area contributed by atoms with Crippen molar-refractivity contribution >= 4 is 63.2 Å². The van der Waals surface area contributed by atoms with Crippen LogP contribution < -0.4 is 5.32 Å². The van der Waals surface area contributed by atoms with E-state index >= 15 is 0 Å². The van der Waals surface area contributed by atoms with Gasteiger partial charge in [-0.05, 0) is 54.1 Å². The molecule has 0 saturated carbocycles. The summed E-state index contributed by atoms with van der Waals surface area (Å²) in [5.74, 6) is -0.242. The predicted molar refractivity (Wildman–Crippen MR) is 121 cm³/mol. The van der Waals surface area contributed by atoms with Gasteiger partial charge in [-0.3, -0.25) is 4.79 Å². The van der Waals surface area contributed by atoms with Crippen molar-refractivity contribution in [3.8, 4) is 5.69 Å². The van der Waals surface area contributed by atoms with Crippen LogP contribution in [0.3, 0.4) is 0 Å². The summed E-state index contributed by atoms with van der Waals surface area (Å²) in [7, 11) is 0. The Labute approximate surface area is 187 Å². The maximum Gasteiger partial charge on any atom is 0.268 e. The number of nitrogens with one attached hydrogen (secondary N) is 1. The first-order valence-electron chi connectivity index (χ1n) is 8.71. The Hall–Kier alpha value is -2.17. The van der Waals surface area contributed by atoms with Crippen molar-refractivity contribution in [3.63, 3.8) is 0 Å². The maximum absolute atomic E-state index is 13.1. The van der Waals surface area contributed by atoms with Crippen LogP contribution in [-0.4, -0.2) is 10.5 Å². The number of amides is 1. The van der Waals surface area contributed by atoms with E-state index in [0.29, 0.717) is 31.5 Å². The van der Waals surface area contributed by atoms with Crippen LogP contribution >= 0.6 is 46.4 Å². The first kappa shape index (κ1) is 20.1. The molecule has 0 radical (unpaired) electrons. The van der Waals surface area contributed by atoms with Crippen LogP contribution in [0.25, 0.3) is 16.6 Å². The highest BCUT2D eigenvalue weighted by Gasteiger charge is 2.17. The molecule has 0 spiro atoms. The molecule has 7 heteroatoms. The Bertz CT molecular complexity index is 1190. The highest BCUT2D eigenvalue weighted by atomic mass is 35.5. The van der Waals surface area contributed by atoms with Crippen LogP contribution in [0.5, 0.6) is 0 Å². The third-order valence-corrected chi connectivity index (χ3v) is 5.30. The molecule has 1 N–H and O–H groups in total. The smallest absolute Gasteiger partial charge is 0.268 e. The van der Waals surface area contributed by atoms with Gasteiger partial charge in [-0.1, -0.05) is 64.6 Å². The Morgan fingerprint density at radius 3 is 2.03 bits per heavy atom. The van der Waals surface area contributed by atoms with Gasteiger partial charge < -0.3 is 9.88 Å². The summed E-state index contributed by atoms with van der Waals surface area (Å²) in [6.07, 6.45) is 0. The second-order valence-electron chi connectivity index (χ2n) is 6.51. The van der Waals surface area contributed by atoms with Crippen molar-refractivity contribution in [2.75, 3.05) is 0 Å². The number of hydrogen-bond acceptors (Lipinski definition) is 1. The first-order valence-corrected chi connectivity index (χ1v) is 10.2. The molecule has 4 aromatic rings. The van der Waals surface area contributed by atoms with E-state index in [1.54, 1.807) is 36.4 Å². The van der Waals surface area contributed by atoms with E-state index < -0.39 is 0 Å². The molecule has 3 aromatic carbocycles. The molecule has 0 aliphatic carbocycles. The Morgan fingerprint density at radius 1 is 0.793 bits per heavy atom. The summed E-state index contributed by atoms with van der Waals surface area (Å²) < 4.78 is 1.84. The number of nitrogens with zero attached hydrogens (tertiary/aromatic N) is 1. The lowest BCUT2D eigenvalue weighted by Gasteiger charge is -2.12. The van der Waals surface area contributed by atoms with Gasteiger partial charge in [-0.25, -0.2) is 0 Å². The molecule has 3 nitrogen and oxygen atoms in total. The van der Waals surface area contributed by atoms with Gasteiger partial charge in [0.25, 0.3) is 5.91 Å². The molecule has 0 bridgehead atoms. The van der Waals surface area contributed by atoms with E-state index in [4.69, 9.17) is 46.4 Å². The summed E-state index contributed by atoms with van der Waals surface area (Å²) in [5.41, 5.74) is 2.86. The van der Waals surface area contributed by atoms with Crippen LogP contribution in [0.4, 0.5) is 0 Å². The van der Waals surface area contributed by atoms with E-state index in [0.717, 1.165) is 16.5 Å². The quantitative estimate of drug-likeness (QED) is 0.341. The molecular weight excluding hydrogens is 450 g/mol. The summed E-state index contributed by atoms with van der Waals surface area (Å²) in [5, 5.41) is 5.88. The predicted octanol–water partition coefficient (Wildman–Crippen LogP) is 7.17. The number of para-hydroxylation sites is 1. The van der Waals surface area contributed by atoms with Crippen molar-refractivity contribution in [3.05, 3.63) is 98.1 Å². The molecule has 1 heterocycles. The molecule has 29 heavy (non-hydrogen) atoms. The highest BCUT2D eigenvalue weighted by molar-refractivity contribution is 6.35. The number of halogens is 4. The molecule has 1 aromatic heterocycles. The fourth-order valence-corrected chi connectivity index (χ4v) is 4.34. The van der Waals surface area contributed by atoms with E-state index in [1.807, 2.05) is 34.9 Å². The van der Waals surface area contributed by atoms with E-state index in [1.165, 1.54) is 0 Å². The topological polar surface area (TPSA) is 34.0 Å². The van der Waals surface area contributed by atoms with Crippen molar-refractivity contribution in [2.45, 2.75) is 6.54 Å². The van der Waals surface area contributed by atoms with Crippen LogP contribution in [-0.2, 0) is 6.54 Å². The number of hydrogen-bond donors (Lipinski definition) is 1. The van der Waals surface area contributed by atoms with Gasteiger partial charge in [0.1, 0.15) is 5.69 Å². The molecule has 146 valence electrons. The SMILES string of the molecule is O=C(NCc1cc(Cl)cc(Cl)c1)c1cc2ccccc2n1-c1cc(Cl)cc(Cl)c1. The third kappa shape index (κ3) is 4.39. The molecule has 4 rings (SSSR count). The Morgan fingerprint density at radius 2 is 1.38 bits per heavy atom. The van der Waals surface area contributed by atoms with Crippen molar-refractivity contribution < 1.29 is 4.79 Å². The zero-order chi connectivity index (χ0) is 20.5. The van der Waals surface area contributed by atoms with Crippen LogP contribution in [0.1, 0.15) is 16.1 Å². The van der Waals surface area contributed by atoms with E-state index in [2.05, 4.69) is 5.32 Å². The van der Waals surface area contributed by atoms with Crippen LogP contribution in [0.2, 0.25) is 20.1 Å². The zero-order valence-corrected chi connectivity index (χ0v) is 17.9. The molecule has 0 atom stereocenters. The Balaban J connectivity index is 1.74. The van der Waals surface area contributed by atoms with Gasteiger partial charge in [0.2, 0.25) is 0 Å². The van der Waals surface area contributed by atoms with Gasteiger partial charge in [0, 0.05) is 37.7 Å². The van der Waals surface area contributed by atoms with E-state index in [9.17, 15) is 4.79 Å².